The number of fused-ring (bicyclic) bond motifs is 5. The molecule has 3 fully saturated rings. The second kappa shape index (κ2) is 7.94. The highest BCUT2D eigenvalue weighted by Crippen LogP contribution is 2.69. The normalized spacial score (nSPS) is 46.4. The van der Waals surface area contributed by atoms with Crippen LogP contribution < -0.4 is 0 Å². The number of rotatable bonds is 3. The van der Waals surface area contributed by atoms with Crippen LogP contribution in [0.4, 0.5) is 8.78 Å². The lowest BCUT2D eigenvalue weighted by molar-refractivity contribution is -0.186. The first kappa shape index (κ1) is 24.5. The fourth-order valence-corrected chi connectivity index (χ4v) is 8.50. The van der Waals surface area contributed by atoms with Crippen molar-refractivity contribution in [3.05, 3.63) is 23.6 Å². The average molecular weight is 483 g/mol. The second-order valence-corrected chi connectivity index (χ2v) is 11.0. The first-order valence-electron chi connectivity index (χ1n) is 11.7. The fraction of sp³-hybridized carbons (Fsp3) is 0.720. The van der Waals surface area contributed by atoms with E-state index in [1.54, 1.807) is 19.9 Å². The van der Waals surface area contributed by atoms with Crippen LogP contribution in [-0.2, 0) is 19.1 Å². The molecule has 33 heavy (non-hydrogen) atoms. The van der Waals surface area contributed by atoms with Gasteiger partial charge in [-0.05, 0) is 56.3 Å². The van der Waals surface area contributed by atoms with Crippen molar-refractivity contribution < 1.29 is 33.0 Å². The van der Waals surface area contributed by atoms with E-state index in [0.717, 1.165) is 6.08 Å². The van der Waals surface area contributed by atoms with Crippen molar-refractivity contribution in [2.75, 3.05) is 6.61 Å². The van der Waals surface area contributed by atoms with Crippen LogP contribution in [-0.4, -0.2) is 46.4 Å². The molecule has 4 aliphatic carbocycles. The van der Waals surface area contributed by atoms with E-state index in [1.807, 2.05) is 13.8 Å². The van der Waals surface area contributed by atoms with Gasteiger partial charge in [-0.25, -0.2) is 8.78 Å². The first-order chi connectivity index (χ1) is 15.3. The quantitative estimate of drug-likeness (QED) is 0.474. The number of esters is 1. The Morgan fingerprint density at radius 2 is 2.00 bits per heavy atom. The molecule has 4 aliphatic rings. The lowest BCUT2D eigenvalue weighted by Crippen LogP contribution is -2.64. The number of aliphatic hydroxyl groups excluding tert-OH is 1. The van der Waals surface area contributed by atoms with Crippen molar-refractivity contribution >= 4 is 29.0 Å². The molecule has 0 aromatic heterocycles. The summed E-state index contributed by atoms with van der Waals surface area (Å²) in [6, 6.07) is 0. The zero-order chi connectivity index (χ0) is 24.5. The topological polar surface area (TPSA) is 72.8 Å². The fourth-order valence-electron chi connectivity index (χ4n) is 7.91. The predicted octanol–water partition coefficient (Wildman–Crippen LogP) is 4.42. The minimum absolute atomic E-state index is 0.00822. The third-order valence-corrected chi connectivity index (χ3v) is 9.40. The molecule has 9 atom stereocenters. The molecule has 182 valence electrons. The number of thiocarbonyl (C=S) groups is 1. The lowest BCUT2D eigenvalue weighted by Gasteiger charge is -2.60. The van der Waals surface area contributed by atoms with Gasteiger partial charge in [0.05, 0.1) is 12.7 Å². The van der Waals surface area contributed by atoms with Crippen molar-refractivity contribution in [3.63, 3.8) is 0 Å². The van der Waals surface area contributed by atoms with Crippen molar-refractivity contribution in [1.82, 2.24) is 0 Å². The summed E-state index contributed by atoms with van der Waals surface area (Å²) in [5, 5.41) is 11.7. The first-order valence-corrected chi connectivity index (χ1v) is 12.1. The van der Waals surface area contributed by atoms with Gasteiger partial charge in [0, 0.05) is 35.2 Å². The van der Waals surface area contributed by atoms with Crippen LogP contribution in [0.5, 0.6) is 0 Å². The van der Waals surface area contributed by atoms with E-state index in [2.05, 4.69) is 0 Å². The molecule has 3 saturated carbocycles. The number of ether oxygens (including phenoxy) is 2. The molecule has 0 amide bonds. The number of halogens is 2. The van der Waals surface area contributed by atoms with Gasteiger partial charge in [0.15, 0.2) is 11.4 Å². The minimum atomic E-state index is -1.64. The molecule has 0 heterocycles. The smallest absolute Gasteiger partial charge is 0.303 e. The molecule has 0 bridgehead atoms. The van der Waals surface area contributed by atoms with E-state index in [9.17, 15) is 19.1 Å². The van der Waals surface area contributed by atoms with Gasteiger partial charge in [-0.3, -0.25) is 9.59 Å². The number of carbonyl (C=O) groups is 2. The second-order valence-electron chi connectivity index (χ2n) is 10.6. The molecule has 0 saturated heterocycles. The number of aliphatic hydroxyl groups is 1. The monoisotopic (exact) mass is 482 g/mol. The van der Waals surface area contributed by atoms with Crippen LogP contribution in [0.25, 0.3) is 0 Å². The Morgan fingerprint density at radius 3 is 2.61 bits per heavy atom. The summed E-state index contributed by atoms with van der Waals surface area (Å²) in [6.07, 6.45) is 0.942. The molecule has 0 aromatic rings. The van der Waals surface area contributed by atoms with E-state index in [-0.39, 0.29) is 41.2 Å². The van der Waals surface area contributed by atoms with E-state index in [1.165, 1.54) is 6.92 Å². The molecular formula is C25H32F2O5S. The standard InChI is InChI=1S/C25H32F2O5S/c1-6-31-22(33)25(32-13(3)28)12(2)9-15-14-10-16(26)20-21(27)17(29)7-8-23(20,4)19(14)18(30)11-24(15,25)5/h7-8,12,14-16,18-19,30H,6,9-11H2,1-5H3/t12-,14-,15-,16-,18-,19+,23+,24-,25-/m0/s1. The Balaban J connectivity index is 1.84. The summed E-state index contributed by atoms with van der Waals surface area (Å²) in [6.45, 7) is 9.03. The minimum Gasteiger partial charge on any atom is -0.484 e. The summed E-state index contributed by atoms with van der Waals surface area (Å²) in [4.78, 5) is 24.2. The molecule has 5 nitrogen and oxygen atoms in total. The SMILES string of the molecule is CCOC(=S)[C@@]1(OC(C)=O)[C@@H](C)C[C@H]2[C@@H]3C[C@H](F)C4=C(F)C(=O)C=C[C@]4(C)[C@H]3[C@@H](O)C[C@@]21C. The number of ketones is 1. The summed E-state index contributed by atoms with van der Waals surface area (Å²) in [7, 11) is 0. The summed E-state index contributed by atoms with van der Waals surface area (Å²) in [5.41, 5.74) is -3.30. The van der Waals surface area contributed by atoms with Crippen molar-refractivity contribution in [2.45, 2.75) is 71.8 Å². The number of alkyl halides is 1. The van der Waals surface area contributed by atoms with Gasteiger partial charge in [-0.2, -0.15) is 0 Å². The van der Waals surface area contributed by atoms with Gasteiger partial charge >= 0.3 is 5.97 Å². The van der Waals surface area contributed by atoms with Gasteiger partial charge in [-0.1, -0.05) is 26.8 Å². The maximum Gasteiger partial charge on any atom is 0.303 e. The summed E-state index contributed by atoms with van der Waals surface area (Å²) in [5.74, 6) is -3.54. The van der Waals surface area contributed by atoms with Crippen molar-refractivity contribution in [3.8, 4) is 0 Å². The Hall–Kier alpha value is -1.67. The van der Waals surface area contributed by atoms with Gasteiger partial charge in [-0.15, -0.1) is 0 Å². The maximum absolute atomic E-state index is 15.5. The Kier molecular flexibility index (Phi) is 5.88. The van der Waals surface area contributed by atoms with Crippen LogP contribution >= 0.6 is 12.2 Å². The highest BCUT2D eigenvalue weighted by Gasteiger charge is 2.73. The van der Waals surface area contributed by atoms with Crippen LogP contribution in [0.3, 0.4) is 0 Å². The Bertz CT molecular complexity index is 962. The van der Waals surface area contributed by atoms with Crippen LogP contribution in [0.15, 0.2) is 23.6 Å². The highest BCUT2D eigenvalue weighted by molar-refractivity contribution is 7.80. The number of hydrogen-bond acceptors (Lipinski definition) is 6. The molecule has 8 heteroatoms. The summed E-state index contributed by atoms with van der Waals surface area (Å²) >= 11 is 5.65. The number of hydrogen-bond donors (Lipinski definition) is 1. The molecular weight excluding hydrogens is 450 g/mol. The van der Waals surface area contributed by atoms with E-state index >= 15 is 4.39 Å². The van der Waals surface area contributed by atoms with Crippen molar-refractivity contribution in [1.29, 1.82) is 0 Å². The van der Waals surface area contributed by atoms with Crippen LogP contribution in [0.2, 0.25) is 0 Å². The van der Waals surface area contributed by atoms with Crippen molar-refractivity contribution in [2.24, 2.45) is 34.5 Å². The third-order valence-electron chi connectivity index (χ3n) is 8.98. The zero-order valence-corrected chi connectivity index (χ0v) is 20.5. The third kappa shape index (κ3) is 3.12. The van der Waals surface area contributed by atoms with E-state index < -0.39 is 52.2 Å². The van der Waals surface area contributed by atoms with E-state index in [0.29, 0.717) is 13.0 Å². The van der Waals surface area contributed by atoms with Crippen LogP contribution in [0, 0.1) is 34.5 Å². The number of allylic oxidation sites excluding steroid dienone is 4. The van der Waals surface area contributed by atoms with Gasteiger partial charge in [0.2, 0.25) is 10.8 Å². The largest absolute Gasteiger partial charge is 0.484 e. The predicted molar refractivity (Wildman–Crippen MR) is 122 cm³/mol. The Labute approximate surface area is 198 Å². The highest BCUT2D eigenvalue weighted by atomic mass is 32.1. The molecule has 0 unspecified atom stereocenters. The molecule has 1 N–H and O–H groups in total. The zero-order valence-electron chi connectivity index (χ0n) is 19.7. The Morgan fingerprint density at radius 1 is 1.33 bits per heavy atom. The molecule has 0 spiro atoms. The molecule has 0 radical (unpaired) electrons. The number of carbonyl (C=O) groups excluding carboxylic acids is 2. The molecule has 0 aliphatic heterocycles. The van der Waals surface area contributed by atoms with Gasteiger partial charge in [0.1, 0.15) is 6.17 Å². The summed E-state index contributed by atoms with van der Waals surface area (Å²) < 4.78 is 42.1. The molecule has 0 aromatic carbocycles. The van der Waals surface area contributed by atoms with Crippen LogP contribution in [0.1, 0.15) is 53.9 Å². The van der Waals surface area contributed by atoms with Gasteiger partial charge < -0.3 is 14.6 Å². The maximum atomic E-state index is 15.5. The lowest BCUT2D eigenvalue weighted by atomic mass is 9.46. The molecule has 4 rings (SSSR count). The average Bonchev–Trinajstić information content (AvgIpc) is 2.92. The van der Waals surface area contributed by atoms with Gasteiger partial charge in [0.25, 0.3) is 0 Å². The van der Waals surface area contributed by atoms with E-state index in [4.69, 9.17) is 21.7 Å².